The molecular weight excluding hydrogens is 244 g/mol. The minimum atomic E-state index is 0.0275. The van der Waals surface area contributed by atoms with Gasteiger partial charge in [0.05, 0.1) is 11.6 Å². The maximum atomic E-state index is 10.7. The van der Waals surface area contributed by atoms with Gasteiger partial charge in [0.2, 0.25) is 0 Å². The number of ether oxygens (including phenoxy) is 1. The fourth-order valence-corrected chi connectivity index (χ4v) is 1.58. The fraction of sp³-hybridized carbons (Fsp3) is 0.182. The van der Waals surface area contributed by atoms with Gasteiger partial charge in [-0.15, -0.1) is 0 Å². The van der Waals surface area contributed by atoms with Crippen LogP contribution in [0.3, 0.4) is 0 Å². The standard InChI is InChI=1S/C11H11BrO2/c1-8(13)6-7-9-4-3-5-10(14-2)11(9)12/h3-7H,1-2H3/b7-6+. The average molecular weight is 255 g/mol. The monoisotopic (exact) mass is 254 g/mol. The zero-order valence-corrected chi connectivity index (χ0v) is 9.67. The molecule has 0 unspecified atom stereocenters. The molecule has 0 saturated heterocycles. The highest BCUT2D eigenvalue weighted by atomic mass is 79.9. The highest BCUT2D eigenvalue weighted by Gasteiger charge is 2.02. The van der Waals surface area contributed by atoms with Crippen LogP contribution in [0, 0.1) is 0 Å². The second-order valence-corrected chi connectivity index (χ2v) is 3.60. The highest BCUT2D eigenvalue weighted by molar-refractivity contribution is 9.10. The molecule has 0 N–H and O–H groups in total. The van der Waals surface area contributed by atoms with E-state index in [9.17, 15) is 4.79 Å². The van der Waals surface area contributed by atoms with Gasteiger partial charge in [-0.2, -0.15) is 0 Å². The van der Waals surface area contributed by atoms with Crippen LogP contribution in [0.4, 0.5) is 0 Å². The molecule has 0 bridgehead atoms. The van der Waals surface area contributed by atoms with E-state index < -0.39 is 0 Å². The summed E-state index contributed by atoms with van der Waals surface area (Å²) in [6.45, 7) is 1.52. The lowest BCUT2D eigenvalue weighted by Gasteiger charge is -2.04. The first-order valence-corrected chi connectivity index (χ1v) is 4.95. The van der Waals surface area contributed by atoms with Crippen LogP contribution in [0.2, 0.25) is 0 Å². The molecule has 14 heavy (non-hydrogen) atoms. The van der Waals surface area contributed by atoms with Gasteiger partial charge in [-0.05, 0) is 40.6 Å². The van der Waals surface area contributed by atoms with Crippen LogP contribution in [0.1, 0.15) is 12.5 Å². The summed E-state index contributed by atoms with van der Waals surface area (Å²) in [6, 6.07) is 5.64. The lowest BCUT2D eigenvalue weighted by Crippen LogP contribution is -1.87. The van der Waals surface area contributed by atoms with Crippen molar-refractivity contribution in [3.63, 3.8) is 0 Å². The highest BCUT2D eigenvalue weighted by Crippen LogP contribution is 2.28. The summed E-state index contributed by atoms with van der Waals surface area (Å²) in [5.74, 6) is 0.787. The lowest BCUT2D eigenvalue weighted by molar-refractivity contribution is -0.112. The van der Waals surface area contributed by atoms with Crippen LogP contribution >= 0.6 is 15.9 Å². The van der Waals surface area contributed by atoms with Crippen molar-refractivity contribution in [3.05, 3.63) is 34.3 Å². The van der Waals surface area contributed by atoms with E-state index in [2.05, 4.69) is 15.9 Å². The van der Waals surface area contributed by atoms with Crippen LogP contribution in [0.15, 0.2) is 28.7 Å². The van der Waals surface area contributed by atoms with Gasteiger partial charge in [0, 0.05) is 0 Å². The summed E-state index contributed by atoms with van der Waals surface area (Å²) in [4.78, 5) is 10.7. The van der Waals surface area contributed by atoms with E-state index in [4.69, 9.17) is 4.74 Å². The molecular formula is C11H11BrO2. The molecule has 1 aromatic carbocycles. The Morgan fingerprint density at radius 3 is 2.79 bits per heavy atom. The van der Waals surface area contributed by atoms with Crippen LogP contribution in [-0.2, 0) is 4.79 Å². The Hall–Kier alpha value is -1.09. The van der Waals surface area contributed by atoms with E-state index in [1.807, 2.05) is 18.2 Å². The number of halogens is 1. The smallest absolute Gasteiger partial charge is 0.152 e. The summed E-state index contributed by atoms with van der Waals surface area (Å²) in [5, 5.41) is 0. The summed E-state index contributed by atoms with van der Waals surface area (Å²) >= 11 is 3.40. The van der Waals surface area contributed by atoms with Crippen molar-refractivity contribution in [1.82, 2.24) is 0 Å². The zero-order valence-electron chi connectivity index (χ0n) is 8.08. The molecule has 0 atom stereocenters. The maximum Gasteiger partial charge on any atom is 0.152 e. The van der Waals surface area contributed by atoms with Crippen LogP contribution in [0.5, 0.6) is 5.75 Å². The third-order valence-corrected chi connectivity index (χ3v) is 2.56. The number of ketones is 1. The second-order valence-electron chi connectivity index (χ2n) is 2.81. The average Bonchev–Trinajstić information content (AvgIpc) is 2.16. The normalized spacial score (nSPS) is 10.5. The molecule has 1 aromatic rings. The number of methoxy groups -OCH3 is 1. The molecule has 0 aliphatic rings. The van der Waals surface area contributed by atoms with Crippen LogP contribution < -0.4 is 4.74 Å². The third-order valence-electron chi connectivity index (χ3n) is 1.71. The third kappa shape index (κ3) is 2.70. The second kappa shape index (κ2) is 4.96. The van der Waals surface area contributed by atoms with Crippen molar-refractivity contribution in [2.45, 2.75) is 6.92 Å². The lowest BCUT2D eigenvalue weighted by atomic mass is 10.2. The molecule has 0 aromatic heterocycles. The molecule has 0 heterocycles. The summed E-state index contributed by atoms with van der Waals surface area (Å²) in [6.07, 6.45) is 3.29. The van der Waals surface area contributed by atoms with Crippen molar-refractivity contribution in [2.75, 3.05) is 7.11 Å². The summed E-state index contributed by atoms with van der Waals surface area (Å²) in [5.41, 5.74) is 0.930. The zero-order chi connectivity index (χ0) is 10.6. The van der Waals surface area contributed by atoms with Gasteiger partial charge < -0.3 is 4.74 Å². The first-order valence-electron chi connectivity index (χ1n) is 4.16. The van der Waals surface area contributed by atoms with Crippen LogP contribution in [-0.4, -0.2) is 12.9 Å². The quantitative estimate of drug-likeness (QED) is 0.776. The minimum Gasteiger partial charge on any atom is -0.496 e. The van der Waals surface area contributed by atoms with Gasteiger partial charge in [-0.3, -0.25) is 4.79 Å². The molecule has 3 heteroatoms. The Morgan fingerprint density at radius 2 is 2.21 bits per heavy atom. The van der Waals surface area contributed by atoms with Gasteiger partial charge in [-0.25, -0.2) is 0 Å². The van der Waals surface area contributed by atoms with Gasteiger partial charge in [0.15, 0.2) is 5.78 Å². The molecule has 1 rings (SSSR count). The summed E-state index contributed by atoms with van der Waals surface area (Å²) in [7, 11) is 1.61. The van der Waals surface area contributed by atoms with Crippen molar-refractivity contribution >= 4 is 27.8 Å². The van der Waals surface area contributed by atoms with E-state index in [0.717, 1.165) is 15.8 Å². The Kier molecular flexibility index (Phi) is 3.89. The first-order chi connectivity index (χ1) is 6.65. The van der Waals surface area contributed by atoms with Crippen molar-refractivity contribution in [3.8, 4) is 5.75 Å². The number of benzene rings is 1. The van der Waals surface area contributed by atoms with Gasteiger partial charge >= 0.3 is 0 Å². The topological polar surface area (TPSA) is 26.3 Å². The molecule has 0 amide bonds. The molecule has 0 saturated carbocycles. The predicted molar refractivity (Wildman–Crippen MR) is 60.4 cm³/mol. The molecule has 0 aliphatic heterocycles. The van der Waals surface area contributed by atoms with Crippen LogP contribution in [0.25, 0.3) is 6.08 Å². The molecule has 0 spiro atoms. The predicted octanol–water partition coefficient (Wildman–Crippen LogP) is 3.06. The van der Waals surface area contributed by atoms with Gasteiger partial charge in [0.25, 0.3) is 0 Å². The van der Waals surface area contributed by atoms with Gasteiger partial charge in [-0.1, -0.05) is 18.2 Å². The number of hydrogen-bond acceptors (Lipinski definition) is 2. The molecule has 0 aliphatic carbocycles. The number of carbonyl (C=O) groups is 1. The summed E-state index contributed by atoms with van der Waals surface area (Å²) < 4.78 is 5.99. The van der Waals surface area contributed by atoms with E-state index >= 15 is 0 Å². The number of allylic oxidation sites excluding steroid dienone is 1. The minimum absolute atomic E-state index is 0.0275. The molecule has 74 valence electrons. The Balaban J connectivity index is 3.03. The van der Waals surface area contributed by atoms with E-state index in [0.29, 0.717) is 0 Å². The first kappa shape index (κ1) is 11.0. The number of hydrogen-bond donors (Lipinski definition) is 0. The largest absolute Gasteiger partial charge is 0.496 e. The van der Waals surface area contributed by atoms with Crippen molar-refractivity contribution < 1.29 is 9.53 Å². The van der Waals surface area contributed by atoms with Crippen molar-refractivity contribution in [2.24, 2.45) is 0 Å². The Bertz CT molecular complexity index is 370. The van der Waals surface area contributed by atoms with E-state index in [1.165, 1.54) is 13.0 Å². The Labute approximate surface area is 91.7 Å². The van der Waals surface area contributed by atoms with E-state index in [1.54, 1.807) is 13.2 Å². The maximum absolute atomic E-state index is 10.7. The molecule has 0 fully saturated rings. The number of carbonyl (C=O) groups excluding carboxylic acids is 1. The fourth-order valence-electron chi connectivity index (χ4n) is 1.02. The SMILES string of the molecule is COc1cccc(/C=C/C(C)=O)c1Br. The molecule has 2 nitrogen and oxygen atoms in total. The molecule has 0 radical (unpaired) electrons. The number of rotatable bonds is 3. The Morgan fingerprint density at radius 1 is 1.50 bits per heavy atom. The van der Waals surface area contributed by atoms with Crippen molar-refractivity contribution in [1.29, 1.82) is 0 Å². The van der Waals surface area contributed by atoms with E-state index in [-0.39, 0.29) is 5.78 Å². The van der Waals surface area contributed by atoms with Gasteiger partial charge in [0.1, 0.15) is 5.75 Å².